The molecule has 0 amide bonds. The molecule has 0 aromatic rings. The summed E-state index contributed by atoms with van der Waals surface area (Å²) < 4.78 is 0. The second kappa shape index (κ2) is 7.23. The van der Waals surface area contributed by atoms with Crippen LogP contribution in [0.25, 0.3) is 0 Å². The minimum Gasteiger partial charge on any atom is -0.481 e. The Morgan fingerprint density at radius 2 is 1.45 bits per heavy atom. The van der Waals surface area contributed by atoms with Gasteiger partial charge in [-0.2, -0.15) is 0 Å². The number of aliphatic carboxylic acids is 1. The van der Waals surface area contributed by atoms with Crippen molar-refractivity contribution in [3.63, 3.8) is 0 Å². The molecule has 5 aliphatic carbocycles. The first kappa shape index (κ1) is 24.1. The second-order valence-electron chi connectivity index (χ2n) is 14.9. The van der Waals surface area contributed by atoms with Gasteiger partial charge in [0.2, 0.25) is 0 Å². The lowest BCUT2D eigenvalue weighted by Gasteiger charge is -2.73. The van der Waals surface area contributed by atoms with Gasteiger partial charge in [0.15, 0.2) is 0 Å². The highest BCUT2D eigenvalue weighted by molar-refractivity contribution is 5.75. The molecule has 5 aliphatic rings. The minimum atomic E-state index is -0.501. The fraction of sp³-hybridized carbons (Fsp3) is 0.967. The van der Waals surface area contributed by atoms with Gasteiger partial charge in [0.1, 0.15) is 0 Å². The molecule has 188 valence electrons. The van der Waals surface area contributed by atoms with Crippen LogP contribution >= 0.6 is 0 Å². The van der Waals surface area contributed by atoms with Gasteiger partial charge >= 0.3 is 5.97 Å². The molecular weight excluding hydrogens is 408 g/mol. The van der Waals surface area contributed by atoms with Crippen LogP contribution < -0.4 is 0 Å². The molecule has 0 aliphatic heterocycles. The van der Waals surface area contributed by atoms with Crippen LogP contribution in [0.3, 0.4) is 0 Å². The Morgan fingerprint density at radius 3 is 2.12 bits per heavy atom. The van der Waals surface area contributed by atoms with Gasteiger partial charge in [0.05, 0.1) is 11.5 Å². The summed E-state index contributed by atoms with van der Waals surface area (Å²) in [5.74, 6) is 2.75. The molecule has 4 unspecified atom stereocenters. The number of carbonyl (C=O) groups is 1. The largest absolute Gasteiger partial charge is 0.481 e. The molecule has 3 nitrogen and oxygen atoms in total. The van der Waals surface area contributed by atoms with Crippen LogP contribution in [0.2, 0.25) is 0 Å². The van der Waals surface area contributed by atoms with E-state index in [-0.39, 0.29) is 27.8 Å². The van der Waals surface area contributed by atoms with E-state index in [0.717, 1.165) is 38.5 Å². The summed E-state index contributed by atoms with van der Waals surface area (Å²) in [7, 11) is 0. The predicted octanol–water partition coefficient (Wildman–Crippen LogP) is 7.17. The van der Waals surface area contributed by atoms with Crippen molar-refractivity contribution >= 4 is 5.97 Å². The van der Waals surface area contributed by atoms with Crippen LogP contribution in [0.5, 0.6) is 0 Å². The Kier molecular flexibility index (Phi) is 5.29. The number of hydrogen-bond donors (Lipinski definition) is 2. The lowest BCUT2D eigenvalue weighted by atomic mass is 9.31. The van der Waals surface area contributed by atoms with E-state index in [4.69, 9.17) is 0 Å². The Bertz CT molecular complexity index is 819. The topological polar surface area (TPSA) is 57.5 Å². The molecule has 5 saturated carbocycles. The Balaban J connectivity index is 1.56. The number of rotatable bonds is 1. The Morgan fingerprint density at radius 1 is 0.758 bits per heavy atom. The maximum absolute atomic E-state index is 12.8. The van der Waals surface area contributed by atoms with Gasteiger partial charge < -0.3 is 10.2 Å². The van der Waals surface area contributed by atoms with Gasteiger partial charge in [0, 0.05) is 0 Å². The molecule has 5 fully saturated rings. The molecule has 0 saturated heterocycles. The van der Waals surface area contributed by atoms with Gasteiger partial charge in [-0.05, 0) is 121 Å². The second-order valence-corrected chi connectivity index (χ2v) is 14.9. The molecular formula is C30H50O3. The third-order valence-corrected chi connectivity index (χ3v) is 14.0. The molecule has 11 atom stereocenters. The molecule has 0 aromatic carbocycles. The van der Waals surface area contributed by atoms with E-state index >= 15 is 0 Å². The fourth-order valence-electron chi connectivity index (χ4n) is 11.7. The van der Waals surface area contributed by atoms with E-state index in [1.165, 1.54) is 25.7 Å². The SMILES string of the molecule is C[C@@H]1CC[C@]2(C(=O)O)CC[C@]3(C)C(CCC4[C@@]5(C)CC[C@H](O)C(C)(C)C5CC[C@]43C)C2[C@H]1C. The third kappa shape index (κ3) is 2.81. The Hall–Kier alpha value is -0.570. The fourth-order valence-corrected chi connectivity index (χ4v) is 11.7. The maximum atomic E-state index is 12.8. The molecule has 0 spiro atoms. The zero-order chi connectivity index (χ0) is 24.2. The molecule has 0 bridgehead atoms. The third-order valence-electron chi connectivity index (χ3n) is 14.0. The van der Waals surface area contributed by atoms with Crippen molar-refractivity contribution in [2.24, 2.45) is 62.6 Å². The summed E-state index contributed by atoms with van der Waals surface area (Å²) >= 11 is 0. The summed E-state index contributed by atoms with van der Waals surface area (Å²) in [6.07, 6.45) is 10.8. The lowest BCUT2D eigenvalue weighted by Crippen LogP contribution is -2.68. The monoisotopic (exact) mass is 458 g/mol. The van der Waals surface area contributed by atoms with Crippen LogP contribution in [-0.2, 0) is 4.79 Å². The summed E-state index contributed by atoms with van der Waals surface area (Å²) in [6.45, 7) is 17.2. The van der Waals surface area contributed by atoms with Crippen LogP contribution in [0, 0.1) is 62.6 Å². The summed E-state index contributed by atoms with van der Waals surface area (Å²) in [5.41, 5.74) is 0.280. The van der Waals surface area contributed by atoms with Gasteiger partial charge in [-0.1, -0.05) is 48.5 Å². The van der Waals surface area contributed by atoms with E-state index in [1.807, 2.05) is 0 Å². The van der Waals surface area contributed by atoms with Gasteiger partial charge in [-0.15, -0.1) is 0 Å². The number of carboxylic acids is 1. The van der Waals surface area contributed by atoms with Crippen LogP contribution in [0.15, 0.2) is 0 Å². The number of aliphatic hydroxyl groups is 1. The molecule has 33 heavy (non-hydrogen) atoms. The molecule has 0 heterocycles. The first-order valence-electron chi connectivity index (χ1n) is 14.2. The standard InChI is InChI=1S/C30H50O3/c1-18-10-15-30(25(32)33)17-16-28(6)20(24(30)19(18)2)8-9-22-27(5)13-12-23(31)26(3,4)21(27)11-14-29(22,28)7/h18-24,31H,8-17H2,1-7H3,(H,32,33)/t18-,19+,20?,21?,22?,23+,24?,27+,28-,29-,30+/m1/s1. The normalized spacial score (nSPS) is 57.8. The van der Waals surface area contributed by atoms with E-state index in [9.17, 15) is 15.0 Å². The lowest BCUT2D eigenvalue weighted by molar-refractivity contribution is -0.258. The van der Waals surface area contributed by atoms with Crippen molar-refractivity contribution in [3.05, 3.63) is 0 Å². The van der Waals surface area contributed by atoms with Gasteiger partial charge in [-0.25, -0.2) is 0 Å². The van der Waals surface area contributed by atoms with E-state index in [2.05, 4.69) is 48.5 Å². The van der Waals surface area contributed by atoms with Gasteiger partial charge in [0.25, 0.3) is 0 Å². The Labute approximate surface area is 202 Å². The first-order valence-corrected chi connectivity index (χ1v) is 14.2. The van der Waals surface area contributed by atoms with Crippen molar-refractivity contribution in [1.82, 2.24) is 0 Å². The average molecular weight is 459 g/mol. The predicted molar refractivity (Wildman–Crippen MR) is 133 cm³/mol. The molecule has 0 radical (unpaired) electrons. The number of hydrogen-bond acceptors (Lipinski definition) is 2. The number of aliphatic hydroxyl groups excluding tert-OH is 1. The minimum absolute atomic E-state index is 0.00950. The highest BCUT2D eigenvalue weighted by atomic mass is 16.4. The average Bonchev–Trinajstić information content (AvgIpc) is 2.74. The zero-order valence-electron chi connectivity index (χ0n) is 22.4. The van der Waals surface area contributed by atoms with Crippen LogP contribution in [0.4, 0.5) is 0 Å². The number of carboxylic acid groups (broad SMARTS) is 1. The maximum Gasteiger partial charge on any atom is 0.309 e. The number of fused-ring (bicyclic) bond motifs is 7. The highest BCUT2D eigenvalue weighted by Gasteiger charge is 2.71. The molecule has 3 heteroatoms. The zero-order valence-corrected chi connectivity index (χ0v) is 22.4. The molecule has 2 N–H and O–H groups in total. The summed E-state index contributed by atoms with van der Waals surface area (Å²) in [4.78, 5) is 12.8. The van der Waals surface area contributed by atoms with Gasteiger partial charge in [-0.3, -0.25) is 4.79 Å². The molecule has 0 aromatic heterocycles. The highest BCUT2D eigenvalue weighted by Crippen LogP contribution is 2.77. The van der Waals surface area contributed by atoms with E-state index < -0.39 is 11.4 Å². The van der Waals surface area contributed by atoms with Crippen molar-refractivity contribution in [1.29, 1.82) is 0 Å². The smallest absolute Gasteiger partial charge is 0.309 e. The first-order chi connectivity index (χ1) is 15.3. The van der Waals surface area contributed by atoms with Crippen molar-refractivity contribution in [2.75, 3.05) is 0 Å². The van der Waals surface area contributed by atoms with Crippen molar-refractivity contribution in [3.8, 4) is 0 Å². The summed E-state index contributed by atoms with van der Waals surface area (Å²) in [5, 5.41) is 21.5. The molecule has 5 rings (SSSR count). The van der Waals surface area contributed by atoms with E-state index in [1.54, 1.807) is 0 Å². The van der Waals surface area contributed by atoms with E-state index in [0.29, 0.717) is 35.5 Å². The van der Waals surface area contributed by atoms with Crippen molar-refractivity contribution in [2.45, 2.75) is 119 Å². The quantitative estimate of drug-likeness (QED) is 0.438. The van der Waals surface area contributed by atoms with Crippen LogP contribution in [-0.4, -0.2) is 22.3 Å². The van der Waals surface area contributed by atoms with Crippen molar-refractivity contribution < 1.29 is 15.0 Å². The van der Waals surface area contributed by atoms with Crippen LogP contribution in [0.1, 0.15) is 113 Å². The summed E-state index contributed by atoms with van der Waals surface area (Å²) in [6, 6.07) is 0.